The normalized spacial score (nSPS) is 23.2. The molecule has 25 heavy (non-hydrogen) atoms. The average molecular weight is 337 g/mol. The molecule has 0 unspecified atom stereocenters. The smallest absolute Gasteiger partial charge is 0.289 e. The first-order valence-electron chi connectivity index (χ1n) is 8.72. The van der Waals surface area contributed by atoms with Gasteiger partial charge < -0.3 is 19.2 Å². The van der Waals surface area contributed by atoms with Gasteiger partial charge in [-0.05, 0) is 37.5 Å². The van der Waals surface area contributed by atoms with Crippen molar-refractivity contribution in [1.82, 2.24) is 19.9 Å². The van der Waals surface area contributed by atoms with Crippen LogP contribution in [0.5, 0.6) is 0 Å². The van der Waals surface area contributed by atoms with Gasteiger partial charge in [0.1, 0.15) is 17.8 Å². The summed E-state index contributed by atoms with van der Waals surface area (Å²) in [4.78, 5) is 29.1. The standard InChI is InChI=1S/C18H19N5O2/c24-18(15-4-2-10-25-15)23-8-1-3-13-14(23)6-9-22(13)17-12-5-7-19-16(12)20-11-21-17/h2,4-5,7,10-11,13-14H,1,3,6,8-9H2,(H,19,20,21)/t13-,14-/m1/s1. The number of likely N-dealkylation sites (tertiary alicyclic amines) is 1. The fourth-order valence-electron chi connectivity index (χ4n) is 4.33. The summed E-state index contributed by atoms with van der Waals surface area (Å²) in [5, 5.41) is 1.04. The first kappa shape index (κ1) is 14.5. The van der Waals surface area contributed by atoms with Crippen molar-refractivity contribution in [2.24, 2.45) is 0 Å². The molecule has 2 aliphatic heterocycles. The molecule has 0 bridgehead atoms. The van der Waals surface area contributed by atoms with E-state index in [1.54, 1.807) is 24.7 Å². The van der Waals surface area contributed by atoms with E-state index in [1.165, 1.54) is 0 Å². The molecule has 0 radical (unpaired) electrons. The molecule has 2 saturated heterocycles. The van der Waals surface area contributed by atoms with Gasteiger partial charge in [0, 0.05) is 19.3 Å². The lowest BCUT2D eigenvalue weighted by atomic mass is 9.96. The minimum absolute atomic E-state index is 0.00368. The van der Waals surface area contributed by atoms with Gasteiger partial charge in [-0.3, -0.25) is 4.79 Å². The zero-order chi connectivity index (χ0) is 16.8. The number of aromatic nitrogens is 3. The maximum atomic E-state index is 12.8. The highest BCUT2D eigenvalue weighted by Crippen LogP contribution is 2.36. The fourth-order valence-corrected chi connectivity index (χ4v) is 4.33. The van der Waals surface area contributed by atoms with E-state index in [2.05, 4.69) is 19.9 Å². The number of hydrogen-bond donors (Lipinski definition) is 1. The summed E-state index contributed by atoms with van der Waals surface area (Å²) in [6, 6.07) is 6.02. The Kier molecular flexibility index (Phi) is 3.26. The molecule has 3 aromatic heterocycles. The molecule has 2 atom stereocenters. The Bertz CT molecular complexity index is 903. The van der Waals surface area contributed by atoms with E-state index in [4.69, 9.17) is 4.42 Å². The van der Waals surface area contributed by atoms with Gasteiger partial charge in [-0.25, -0.2) is 9.97 Å². The number of carbonyl (C=O) groups excluding carboxylic acids is 1. The largest absolute Gasteiger partial charge is 0.459 e. The van der Waals surface area contributed by atoms with Crippen LogP contribution in [-0.4, -0.2) is 50.9 Å². The van der Waals surface area contributed by atoms with Crippen molar-refractivity contribution >= 4 is 22.8 Å². The lowest BCUT2D eigenvalue weighted by molar-refractivity contribution is 0.0576. The van der Waals surface area contributed by atoms with Crippen molar-refractivity contribution in [1.29, 1.82) is 0 Å². The molecule has 2 aliphatic rings. The first-order valence-corrected chi connectivity index (χ1v) is 8.72. The number of H-pyrrole nitrogens is 1. The van der Waals surface area contributed by atoms with Crippen LogP contribution in [0.1, 0.15) is 29.8 Å². The Morgan fingerprint density at radius 2 is 2.16 bits per heavy atom. The zero-order valence-electron chi connectivity index (χ0n) is 13.8. The molecule has 128 valence electrons. The Hall–Kier alpha value is -2.83. The number of aromatic amines is 1. The van der Waals surface area contributed by atoms with Gasteiger partial charge in [-0.1, -0.05) is 0 Å². The number of amides is 1. The number of nitrogens with one attached hydrogen (secondary N) is 1. The second kappa shape index (κ2) is 5.61. The van der Waals surface area contributed by atoms with Gasteiger partial charge in [0.15, 0.2) is 5.76 Å². The van der Waals surface area contributed by atoms with Gasteiger partial charge in [0.05, 0.1) is 23.7 Å². The Morgan fingerprint density at radius 1 is 1.20 bits per heavy atom. The number of nitrogens with zero attached hydrogens (tertiary/aromatic N) is 4. The predicted octanol–water partition coefficient (Wildman–Crippen LogP) is 2.43. The van der Waals surface area contributed by atoms with Crippen LogP contribution in [0, 0.1) is 0 Å². The molecule has 0 spiro atoms. The molecule has 3 aromatic rings. The van der Waals surface area contributed by atoms with Crippen LogP contribution in [0.25, 0.3) is 11.0 Å². The summed E-state index contributed by atoms with van der Waals surface area (Å²) in [5.74, 6) is 1.39. The Balaban J connectivity index is 1.47. The van der Waals surface area contributed by atoms with E-state index in [9.17, 15) is 4.79 Å². The topological polar surface area (TPSA) is 78.3 Å². The fraction of sp³-hybridized carbons (Fsp3) is 0.389. The highest BCUT2D eigenvalue weighted by atomic mass is 16.3. The summed E-state index contributed by atoms with van der Waals surface area (Å²) in [6.07, 6.45) is 8.07. The van der Waals surface area contributed by atoms with Crippen LogP contribution >= 0.6 is 0 Å². The van der Waals surface area contributed by atoms with E-state index >= 15 is 0 Å². The zero-order valence-corrected chi connectivity index (χ0v) is 13.8. The van der Waals surface area contributed by atoms with E-state index in [-0.39, 0.29) is 11.9 Å². The second-order valence-corrected chi connectivity index (χ2v) is 6.67. The van der Waals surface area contributed by atoms with Crippen LogP contribution in [-0.2, 0) is 0 Å². The van der Waals surface area contributed by atoms with Crippen molar-refractivity contribution in [2.45, 2.75) is 31.3 Å². The molecule has 2 fully saturated rings. The number of fused-ring (bicyclic) bond motifs is 2. The maximum Gasteiger partial charge on any atom is 0.289 e. The van der Waals surface area contributed by atoms with Crippen LogP contribution in [0.3, 0.4) is 0 Å². The molecule has 7 heteroatoms. The van der Waals surface area contributed by atoms with Crippen LogP contribution in [0.15, 0.2) is 41.4 Å². The molecule has 0 aromatic carbocycles. The van der Waals surface area contributed by atoms with Crippen molar-refractivity contribution in [3.05, 3.63) is 42.7 Å². The lowest BCUT2D eigenvalue weighted by Crippen LogP contribution is -2.52. The third-order valence-corrected chi connectivity index (χ3v) is 5.41. The highest BCUT2D eigenvalue weighted by Gasteiger charge is 2.43. The average Bonchev–Trinajstić information content (AvgIpc) is 3.39. The Morgan fingerprint density at radius 3 is 3.04 bits per heavy atom. The minimum Gasteiger partial charge on any atom is -0.459 e. The molecule has 5 heterocycles. The SMILES string of the molecule is O=C(c1ccco1)N1CCC[C@@H]2[C@H]1CCN2c1ncnc2[nH]ccc12. The van der Waals surface area contributed by atoms with E-state index in [1.807, 2.05) is 17.2 Å². The third kappa shape index (κ3) is 2.22. The van der Waals surface area contributed by atoms with Crippen molar-refractivity contribution in [3.8, 4) is 0 Å². The molecular weight excluding hydrogens is 318 g/mol. The van der Waals surface area contributed by atoms with Gasteiger partial charge in [-0.15, -0.1) is 0 Å². The lowest BCUT2D eigenvalue weighted by Gasteiger charge is -2.39. The van der Waals surface area contributed by atoms with Crippen molar-refractivity contribution < 1.29 is 9.21 Å². The molecule has 0 saturated carbocycles. The van der Waals surface area contributed by atoms with Crippen LogP contribution < -0.4 is 4.90 Å². The molecule has 5 rings (SSSR count). The van der Waals surface area contributed by atoms with Crippen molar-refractivity contribution in [2.75, 3.05) is 18.0 Å². The minimum atomic E-state index is -0.00368. The number of rotatable bonds is 2. The van der Waals surface area contributed by atoms with Gasteiger partial charge in [-0.2, -0.15) is 0 Å². The molecular formula is C18H19N5O2. The van der Waals surface area contributed by atoms with Gasteiger partial charge >= 0.3 is 0 Å². The maximum absolute atomic E-state index is 12.8. The number of piperidine rings is 1. The predicted molar refractivity (Wildman–Crippen MR) is 92.4 cm³/mol. The van der Waals surface area contributed by atoms with E-state index < -0.39 is 0 Å². The summed E-state index contributed by atoms with van der Waals surface area (Å²) in [7, 11) is 0. The monoisotopic (exact) mass is 337 g/mol. The quantitative estimate of drug-likeness (QED) is 0.777. The van der Waals surface area contributed by atoms with Gasteiger partial charge in [0.2, 0.25) is 0 Å². The summed E-state index contributed by atoms with van der Waals surface area (Å²) < 4.78 is 5.33. The van der Waals surface area contributed by atoms with Gasteiger partial charge in [0.25, 0.3) is 5.91 Å². The van der Waals surface area contributed by atoms with Crippen LogP contribution in [0.2, 0.25) is 0 Å². The highest BCUT2D eigenvalue weighted by molar-refractivity contribution is 5.92. The number of hydrogen-bond acceptors (Lipinski definition) is 5. The van der Waals surface area contributed by atoms with E-state index in [0.717, 1.165) is 49.2 Å². The Labute approximate surface area is 144 Å². The third-order valence-electron chi connectivity index (χ3n) is 5.41. The van der Waals surface area contributed by atoms with Crippen LogP contribution in [0.4, 0.5) is 5.82 Å². The molecule has 1 N–H and O–H groups in total. The summed E-state index contributed by atoms with van der Waals surface area (Å²) in [5.41, 5.74) is 0.854. The second-order valence-electron chi connectivity index (χ2n) is 6.67. The molecule has 0 aliphatic carbocycles. The number of carbonyl (C=O) groups is 1. The first-order chi connectivity index (χ1) is 12.3. The number of anilines is 1. The number of furan rings is 1. The summed E-state index contributed by atoms with van der Waals surface area (Å²) >= 11 is 0. The van der Waals surface area contributed by atoms with Crippen molar-refractivity contribution in [3.63, 3.8) is 0 Å². The summed E-state index contributed by atoms with van der Waals surface area (Å²) in [6.45, 7) is 1.69. The molecule has 1 amide bonds. The van der Waals surface area contributed by atoms with E-state index in [0.29, 0.717) is 11.8 Å². The molecule has 7 nitrogen and oxygen atoms in total.